The monoisotopic (exact) mass is 339 g/mol. The highest BCUT2D eigenvalue weighted by Gasteiger charge is 2.21. The lowest BCUT2D eigenvalue weighted by molar-refractivity contribution is 0.0724. The van der Waals surface area contributed by atoms with E-state index in [4.69, 9.17) is 21.1 Å². The van der Waals surface area contributed by atoms with Crippen LogP contribution in [0, 0.1) is 0 Å². The topological polar surface area (TPSA) is 38.8 Å². The van der Waals surface area contributed by atoms with E-state index >= 15 is 0 Å². The molecule has 4 nitrogen and oxygen atoms in total. The fourth-order valence-corrected chi connectivity index (χ4v) is 2.96. The van der Waals surface area contributed by atoms with Crippen LogP contribution in [0.4, 0.5) is 0 Å². The van der Waals surface area contributed by atoms with Crippen LogP contribution < -0.4 is 9.47 Å². The minimum atomic E-state index is 0.0210. The summed E-state index contributed by atoms with van der Waals surface area (Å²) in [6.45, 7) is 6.74. The summed E-state index contributed by atoms with van der Waals surface area (Å²) in [4.78, 5) is 14.5. The van der Waals surface area contributed by atoms with Gasteiger partial charge in [-0.15, -0.1) is 0 Å². The van der Waals surface area contributed by atoms with E-state index in [0.717, 1.165) is 38.8 Å². The van der Waals surface area contributed by atoms with Crippen LogP contribution in [0.1, 0.15) is 56.3 Å². The largest absolute Gasteiger partial charge is 0.490 e. The molecular weight excluding hydrogens is 314 g/mol. The van der Waals surface area contributed by atoms with Gasteiger partial charge in [-0.2, -0.15) is 0 Å². The Bertz CT molecular complexity index is 527. The highest BCUT2D eigenvalue weighted by Crippen LogP contribution is 2.37. The Kier molecular flexibility index (Phi) is 7.03. The molecule has 1 heterocycles. The second-order valence-corrected chi connectivity index (χ2v) is 6.18. The van der Waals surface area contributed by atoms with Gasteiger partial charge in [-0.05, 0) is 44.7 Å². The minimum Gasteiger partial charge on any atom is -0.490 e. The van der Waals surface area contributed by atoms with Gasteiger partial charge in [0.15, 0.2) is 11.5 Å². The van der Waals surface area contributed by atoms with Crippen LogP contribution in [0.25, 0.3) is 0 Å². The van der Waals surface area contributed by atoms with Crippen molar-refractivity contribution in [2.75, 3.05) is 26.3 Å². The summed E-state index contributed by atoms with van der Waals surface area (Å²) in [7, 11) is 0. The maximum Gasteiger partial charge on any atom is 0.254 e. The Balaban J connectivity index is 2.21. The maximum absolute atomic E-state index is 12.7. The third-order valence-electron chi connectivity index (χ3n) is 3.94. The molecule has 0 aliphatic carbocycles. The summed E-state index contributed by atoms with van der Waals surface area (Å²) in [6.07, 6.45) is 5.33. The average molecular weight is 340 g/mol. The zero-order valence-electron chi connectivity index (χ0n) is 14.1. The summed E-state index contributed by atoms with van der Waals surface area (Å²) in [5.74, 6) is 1.11. The predicted molar refractivity (Wildman–Crippen MR) is 92.8 cm³/mol. The van der Waals surface area contributed by atoms with E-state index in [2.05, 4.69) is 6.92 Å². The summed E-state index contributed by atoms with van der Waals surface area (Å²) < 4.78 is 11.4. The van der Waals surface area contributed by atoms with Gasteiger partial charge in [-0.25, -0.2) is 0 Å². The molecule has 0 spiro atoms. The standard InChI is InChI=1S/C18H26ClNO3/c1-3-5-11-23-17-15(19)12-14(13-16(17)22-4-2)18(21)20-9-7-6-8-10-20/h12-13H,3-11H2,1-2H3. The molecule has 1 aromatic rings. The number of hydrogen-bond acceptors (Lipinski definition) is 3. The fraction of sp³-hybridized carbons (Fsp3) is 0.611. The van der Waals surface area contributed by atoms with Crippen molar-refractivity contribution in [2.24, 2.45) is 0 Å². The number of likely N-dealkylation sites (tertiary alicyclic amines) is 1. The predicted octanol–water partition coefficient (Wildman–Crippen LogP) is 4.54. The van der Waals surface area contributed by atoms with Gasteiger partial charge < -0.3 is 14.4 Å². The van der Waals surface area contributed by atoms with E-state index < -0.39 is 0 Å². The summed E-state index contributed by atoms with van der Waals surface area (Å²) in [5.41, 5.74) is 0.572. The van der Waals surface area contributed by atoms with Crippen molar-refractivity contribution >= 4 is 17.5 Å². The number of carbonyl (C=O) groups is 1. The quantitative estimate of drug-likeness (QED) is 0.684. The van der Waals surface area contributed by atoms with E-state index in [-0.39, 0.29) is 5.91 Å². The van der Waals surface area contributed by atoms with Gasteiger partial charge in [0.2, 0.25) is 0 Å². The highest BCUT2D eigenvalue weighted by atomic mass is 35.5. The molecule has 5 heteroatoms. The smallest absolute Gasteiger partial charge is 0.254 e. The van der Waals surface area contributed by atoms with Crippen LogP contribution in [-0.4, -0.2) is 37.1 Å². The van der Waals surface area contributed by atoms with Crippen molar-refractivity contribution in [3.63, 3.8) is 0 Å². The Morgan fingerprint density at radius 3 is 2.57 bits per heavy atom. The first-order valence-corrected chi connectivity index (χ1v) is 8.93. The lowest BCUT2D eigenvalue weighted by Gasteiger charge is -2.27. The zero-order valence-corrected chi connectivity index (χ0v) is 14.8. The number of nitrogens with zero attached hydrogens (tertiary/aromatic N) is 1. The van der Waals surface area contributed by atoms with Crippen molar-refractivity contribution in [3.05, 3.63) is 22.7 Å². The van der Waals surface area contributed by atoms with Crippen molar-refractivity contribution < 1.29 is 14.3 Å². The number of carbonyl (C=O) groups excluding carboxylic acids is 1. The lowest BCUT2D eigenvalue weighted by Crippen LogP contribution is -2.35. The Morgan fingerprint density at radius 2 is 1.91 bits per heavy atom. The van der Waals surface area contributed by atoms with Gasteiger partial charge in [-0.3, -0.25) is 4.79 Å². The summed E-state index contributed by atoms with van der Waals surface area (Å²) in [6, 6.07) is 3.45. The highest BCUT2D eigenvalue weighted by molar-refractivity contribution is 6.32. The number of piperidine rings is 1. The maximum atomic E-state index is 12.7. The minimum absolute atomic E-state index is 0.0210. The van der Waals surface area contributed by atoms with Crippen LogP contribution in [0.3, 0.4) is 0 Å². The first-order chi connectivity index (χ1) is 11.2. The van der Waals surface area contributed by atoms with Gasteiger partial charge in [0.05, 0.1) is 18.2 Å². The molecule has 0 aromatic heterocycles. The molecule has 0 saturated carbocycles. The molecule has 2 rings (SSSR count). The molecule has 128 valence electrons. The third kappa shape index (κ3) is 4.77. The third-order valence-corrected chi connectivity index (χ3v) is 4.22. The Labute approximate surface area is 143 Å². The molecule has 23 heavy (non-hydrogen) atoms. The van der Waals surface area contributed by atoms with Crippen molar-refractivity contribution in [1.82, 2.24) is 4.90 Å². The van der Waals surface area contributed by atoms with Gasteiger partial charge in [0, 0.05) is 18.7 Å². The van der Waals surface area contributed by atoms with Crippen LogP contribution in [-0.2, 0) is 0 Å². The SMILES string of the molecule is CCCCOc1c(Cl)cc(C(=O)N2CCCCC2)cc1OCC. The molecule has 1 amide bonds. The lowest BCUT2D eigenvalue weighted by atomic mass is 10.1. The molecule has 1 aromatic carbocycles. The number of halogens is 1. The van der Waals surface area contributed by atoms with Crippen LogP contribution in [0.5, 0.6) is 11.5 Å². The fourth-order valence-electron chi connectivity index (χ4n) is 2.69. The Morgan fingerprint density at radius 1 is 1.17 bits per heavy atom. The Hall–Kier alpha value is -1.42. The van der Waals surface area contributed by atoms with Crippen molar-refractivity contribution in [2.45, 2.75) is 46.0 Å². The molecule has 1 aliphatic rings. The van der Waals surface area contributed by atoms with Gasteiger partial charge in [0.25, 0.3) is 5.91 Å². The summed E-state index contributed by atoms with van der Waals surface area (Å²) in [5, 5.41) is 0.437. The second kappa shape index (κ2) is 9.02. The normalized spacial score (nSPS) is 14.7. The zero-order chi connectivity index (χ0) is 16.7. The van der Waals surface area contributed by atoms with E-state index in [1.807, 2.05) is 11.8 Å². The average Bonchev–Trinajstić information content (AvgIpc) is 2.57. The number of benzene rings is 1. The molecule has 1 saturated heterocycles. The van der Waals surface area contributed by atoms with E-state index in [1.165, 1.54) is 6.42 Å². The number of unbranched alkanes of at least 4 members (excludes halogenated alkanes) is 1. The van der Waals surface area contributed by atoms with Gasteiger partial charge in [-0.1, -0.05) is 24.9 Å². The van der Waals surface area contributed by atoms with Crippen LogP contribution in [0.2, 0.25) is 5.02 Å². The van der Waals surface area contributed by atoms with E-state index in [0.29, 0.717) is 35.3 Å². The van der Waals surface area contributed by atoms with Gasteiger partial charge >= 0.3 is 0 Å². The molecule has 0 bridgehead atoms. The van der Waals surface area contributed by atoms with E-state index in [1.54, 1.807) is 12.1 Å². The van der Waals surface area contributed by atoms with Crippen LogP contribution >= 0.6 is 11.6 Å². The van der Waals surface area contributed by atoms with Crippen LogP contribution in [0.15, 0.2) is 12.1 Å². The molecule has 0 radical (unpaired) electrons. The molecule has 0 N–H and O–H groups in total. The molecule has 1 aliphatic heterocycles. The van der Waals surface area contributed by atoms with Crippen molar-refractivity contribution in [3.8, 4) is 11.5 Å². The molecule has 1 fully saturated rings. The number of amides is 1. The number of hydrogen-bond donors (Lipinski definition) is 0. The number of ether oxygens (including phenoxy) is 2. The van der Waals surface area contributed by atoms with E-state index in [9.17, 15) is 4.79 Å². The first kappa shape index (κ1) is 17.9. The molecule has 0 atom stereocenters. The molecule has 0 unspecified atom stereocenters. The van der Waals surface area contributed by atoms with Crippen molar-refractivity contribution in [1.29, 1.82) is 0 Å². The second-order valence-electron chi connectivity index (χ2n) is 5.77. The summed E-state index contributed by atoms with van der Waals surface area (Å²) >= 11 is 6.36. The number of rotatable bonds is 7. The molecular formula is C18H26ClNO3. The van der Waals surface area contributed by atoms with Gasteiger partial charge in [0.1, 0.15) is 0 Å². The first-order valence-electron chi connectivity index (χ1n) is 8.55.